The number of nitrogens with zero attached hydrogens (tertiary/aromatic N) is 5. The molecule has 1 atom stereocenters. The average Bonchev–Trinajstić information content (AvgIpc) is 3.56. The molecule has 0 aliphatic rings. The average molecular weight is 560 g/mol. The summed E-state index contributed by atoms with van der Waals surface area (Å²) in [5, 5.41) is 11.1. The number of hydrogen-bond donors (Lipinski definition) is 0. The van der Waals surface area contributed by atoms with Gasteiger partial charge >= 0.3 is 0 Å². The van der Waals surface area contributed by atoms with E-state index in [0.29, 0.717) is 15.4 Å². The van der Waals surface area contributed by atoms with E-state index in [1.54, 1.807) is 24.3 Å². The number of nitriles is 1. The third-order valence-corrected chi connectivity index (χ3v) is 9.00. The minimum atomic E-state index is -1.37. The number of rotatable bonds is 4. The third kappa shape index (κ3) is 3.66. The molecule has 0 bridgehead atoms. The smallest absolute Gasteiger partial charge is 0.165 e. The molecule has 0 spiro atoms. The zero-order valence-corrected chi connectivity index (χ0v) is 23.0. The molecule has 6 nitrogen and oxygen atoms in total. The Morgan fingerprint density at radius 2 is 1.00 bits per heavy atom. The van der Waals surface area contributed by atoms with Gasteiger partial charge in [0.15, 0.2) is 11.3 Å². The second kappa shape index (κ2) is 9.51. The molecule has 8 aromatic rings. The van der Waals surface area contributed by atoms with Crippen LogP contribution in [-0.4, -0.2) is 23.3 Å². The second-order valence-corrected chi connectivity index (χ2v) is 11.5. The highest BCUT2D eigenvalue weighted by molar-refractivity contribution is 7.85. The van der Waals surface area contributed by atoms with E-state index in [4.69, 9.17) is 15.2 Å². The van der Waals surface area contributed by atoms with E-state index in [1.807, 2.05) is 66.7 Å². The van der Waals surface area contributed by atoms with Crippen molar-refractivity contribution in [3.63, 3.8) is 0 Å². The SMILES string of the molecule is N#Cc1ccc(S(=O)c2ccc(-n3c4ccccc4c4nc5c(nc43)c3ccccc3n5-c3ccccc3)cc2)cc1. The van der Waals surface area contributed by atoms with Crippen LogP contribution in [-0.2, 0) is 10.8 Å². The predicted molar refractivity (Wildman–Crippen MR) is 167 cm³/mol. The highest BCUT2D eigenvalue weighted by atomic mass is 32.2. The van der Waals surface area contributed by atoms with Gasteiger partial charge in [-0.3, -0.25) is 9.13 Å². The number of hydrogen-bond acceptors (Lipinski definition) is 4. The first-order valence-electron chi connectivity index (χ1n) is 13.5. The summed E-state index contributed by atoms with van der Waals surface area (Å²) in [7, 11) is -1.37. The minimum absolute atomic E-state index is 0.541. The normalized spacial score (nSPS) is 12.3. The summed E-state index contributed by atoms with van der Waals surface area (Å²) in [4.78, 5) is 11.9. The molecule has 0 amide bonds. The number of aromatic nitrogens is 4. The summed E-state index contributed by atoms with van der Waals surface area (Å²) in [5.74, 6) is 0. The molecule has 0 saturated carbocycles. The Labute approximate surface area is 243 Å². The van der Waals surface area contributed by atoms with Crippen molar-refractivity contribution in [2.75, 3.05) is 0 Å². The molecule has 3 heterocycles. The molecule has 8 rings (SSSR count). The first-order valence-corrected chi connectivity index (χ1v) is 14.6. The van der Waals surface area contributed by atoms with Crippen molar-refractivity contribution in [2.45, 2.75) is 9.79 Å². The fourth-order valence-electron chi connectivity index (χ4n) is 5.66. The fourth-order valence-corrected chi connectivity index (χ4v) is 6.70. The number of benzene rings is 5. The Morgan fingerprint density at radius 3 is 1.52 bits per heavy atom. The van der Waals surface area contributed by atoms with E-state index in [9.17, 15) is 4.21 Å². The van der Waals surface area contributed by atoms with Crippen LogP contribution in [0.3, 0.4) is 0 Å². The Kier molecular flexibility index (Phi) is 5.49. The molecular formula is C35H21N5OS. The first-order chi connectivity index (χ1) is 20.7. The Bertz CT molecular complexity index is 2360. The zero-order valence-electron chi connectivity index (χ0n) is 22.2. The molecule has 42 heavy (non-hydrogen) atoms. The lowest BCUT2D eigenvalue weighted by Crippen LogP contribution is -1.99. The lowest BCUT2D eigenvalue weighted by atomic mass is 10.2. The molecule has 198 valence electrons. The van der Waals surface area contributed by atoms with Crippen LogP contribution >= 0.6 is 0 Å². The minimum Gasteiger partial charge on any atom is -0.293 e. The van der Waals surface area contributed by atoms with Gasteiger partial charge in [0.25, 0.3) is 0 Å². The van der Waals surface area contributed by atoms with Crippen LogP contribution in [0.2, 0.25) is 0 Å². The molecule has 0 radical (unpaired) electrons. The van der Waals surface area contributed by atoms with E-state index in [-0.39, 0.29) is 0 Å². The van der Waals surface area contributed by atoms with Gasteiger partial charge in [0, 0.05) is 31.9 Å². The summed E-state index contributed by atoms with van der Waals surface area (Å²) < 4.78 is 17.6. The number of fused-ring (bicyclic) bond motifs is 6. The van der Waals surface area contributed by atoms with Crippen molar-refractivity contribution in [2.24, 2.45) is 0 Å². The van der Waals surface area contributed by atoms with Crippen LogP contribution < -0.4 is 0 Å². The monoisotopic (exact) mass is 559 g/mol. The molecule has 7 heteroatoms. The topological polar surface area (TPSA) is 76.5 Å². The van der Waals surface area contributed by atoms with Gasteiger partial charge in [-0.15, -0.1) is 0 Å². The second-order valence-electron chi connectivity index (χ2n) is 10.0. The predicted octanol–water partition coefficient (Wildman–Crippen LogP) is 7.71. The molecule has 0 aliphatic heterocycles. The molecule has 5 aromatic carbocycles. The molecule has 1 unspecified atom stereocenters. The molecule has 0 aliphatic carbocycles. The van der Waals surface area contributed by atoms with Crippen molar-refractivity contribution in [1.29, 1.82) is 5.26 Å². The van der Waals surface area contributed by atoms with Gasteiger partial charge in [0.1, 0.15) is 11.0 Å². The fraction of sp³-hybridized carbons (Fsp3) is 0. The van der Waals surface area contributed by atoms with Gasteiger partial charge in [0.05, 0.1) is 33.5 Å². The lowest BCUT2D eigenvalue weighted by Gasteiger charge is -2.09. The maximum absolute atomic E-state index is 13.3. The maximum Gasteiger partial charge on any atom is 0.165 e. The van der Waals surface area contributed by atoms with Gasteiger partial charge in [-0.25, -0.2) is 14.2 Å². The van der Waals surface area contributed by atoms with Gasteiger partial charge < -0.3 is 0 Å². The van der Waals surface area contributed by atoms with Crippen LogP contribution in [0.15, 0.2) is 137 Å². The molecule has 3 aromatic heterocycles. The van der Waals surface area contributed by atoms with E-state index in [2.05, 4.69) is 51.6 Å². The summed E-state index contributed by atoms with van der Waals surface area (Å²) in [6.45, 7) is 0. The maximum atomic E-state index is 13.3. The van der Waals surface area contributed by atoms with E-state index >= 15 is 0 Å². The van der Waals surface area contributed by atoms with Gasteiger partial charge in [-0.2, -0.15) is 5.26 Å². The highest BCUT2D eigenvalue weighted by Crippen LogP contribution is 2.35. The molecular weight excluding hydrogens is 538 g/mol. The largest absolute Gasteiger partial charge is 0.293 e. The molecule has 0 saturated heterocycles. The van der Waals surface area contributed by atoms with Crippen LogP contribution in [0.5, 0.6) is 0 Å². The van der Waals surface area contributed by atoms with Crippen molar-refractivity contribution in [3.05, 3.63) is 133 Å². The standard InChI is InChI=1S/C35H21N5OS/c36-22-23-14-18-26(19-15-23)42(41)27-20-16-25(17-21-27)40-31-13-7-5-11-29(31)33-35(40)38-32-28-10-4-6-12-30(28)39(34(32)37-33)24-8-2-1-3-9-24/h1-21H. The third-order valence-electron chi connectivity index (χ3n) is 7.60. The highest BCUT2D eigenvalue weighted by Gasteiger charge is 2.21. The van der Waals surface area contributed by atoms with E-state index < -0.39 is 10.8 Å². The van der Waals surface area contributed by atoms with E-state index in [1.165, 1.54) is 0 Å². The molecule has 0 N–H and O–H groups in total. The van der Waals surface area contributed by atoms with Crippen molar-refractivity contribution in [3.8, 4) is 17.4 Å². The first kappa shape index (κ1) is 24.2. The Balaban J connectivity index is 1.34. The summed E-state index contributed by atoms with van der Waals surface area (Å²) in [6, 6.07) is 43.4. The summed E-state index contributed by atoms with van der Waals surface area (Å²) in [5.41, 5.74) is 7.77. The zero-order chi connectivity index (χ0) is 28.2. The Morgan fingerprint density at radius 1 is 0.548 bits per heavy atom. The summed E-state index contributed by atoms with van der Waals surface area (Å²) >= 11 is 0. The molecule has 0 fully saturated rings. The van der Waals surface area contributed by atoms with Crippen LogP contribution in [0.1, 0.15) is 5.56 Å². The van der Waals surface area contributed by atoms with Gasteiger partial charge in [-0.1, -0.05) is 54.6 Å². The van der Waals surface area contributed by atoms with Gasteiger partial charge in [0.2, 0.25) is 0 Å². The van der Waals surface area contributed by atoms with Crippen molar-refractivity contribution < 1.29 is 4.21 Å². The quantitative estimate of drug-likeness (QED) is 0.221. The van der Waals surface area contributed by atoms with E-state index in [0.717, 1.165) is 55.5 Å². The van der Waals surface area contributed by atoms with Gasteiger partial charge in [-0.05, 0) is 72.8 Å². The van der Waals surface area contributed by atoms with Crippen LogP contribution in [0.4, 0.5) is 0 Å². The van der Waals surface area contributed by atoms with Crippen molar-refractivity contribution >= 4 is 54.9 Å². The van der Waals surface area contributed by atoms with Crippen LogP contribution in [0.25, 0.3) is 55.5 Å². The summed E-state index contributed by atoms with van der Waals surface area (Å²) in [6.07, 6.45) is 0. The Hall–Kier alpha value is -5.58. The lowest BCUT2D eigenvalue weighted by molar-refractivity contribution is 0.683. The number of para-hydroxylation sites is 3. The van der Waals surface area contributed by atoms with Crippen molar-refractivity contribution in [1.82, 2.24) is 19.1 Å². The van der Waals surface area contributed by atoms with Crippen LogP contribution in [0, 0.1) is 11.3 Å².